The zero-order valence-electron chi connectivity index (χ0n) is 11.8. The number of fused-ring (bicyclic) bond motifs is 1. The largest absolute Gasteiger partial charge is 0.478 e. The molecule has 0 aromatic heterocycles. The minimum absolute atomic E-state index is 0.123. The Bertz CT molecular complexity index is 567. The summed E-state index contributed by atoms with van der Waals surface area (Å²) in [5.41, 5.74) is 0.989. The van der Waals surface area contributed by atoms with Crippen molar-refractivity contribution in [1.29, 1.82) is 0 Å². The maximum Gasteiger partial charge on any atom is 0.265 e. The van der Waals surface area contributed by atoms with Crippen LogP contribution in [0, 0.1) is 0 Å². The molecule has 6 nitrogen and oxygen atoms in total. The molecule has 1 aromatic rings. The second-order valence-corrected chi connectivity index (χ2v) is 5.29. The quantitative estimate of drug-likeness (QED) is 0.861. The van der Waals surface area contributed by atoms with E-state index in [1.165, 1.54) is 0 Å². The molecule has 0 saturated carbocycles. The molecule has 2 N–H and O–H groups in total. The van der Waals surface area contributed by atoms with Crippen molar-refractivity contribution in [3.8, 4) is 5.75 Å². The van der Waals surface area contributed by atoms with Gasteiger partial charge in [0.1, 0.15) is 0 Å². The molecule has 1 atom stereocenters. The number of carbonyl (C=O) groups excluding carboxylic acids is 2. The molecule has 21 heavy (non-hydrogen) atoms. The molecule has 2 aliphatic heterocycles. The third kappa shape index (κ3) is 2.85. The Hall–Kier alpha value is -2.08. The number of para-hydroxylation sites is 1. The van der Waals surface area contributed by atoms with Gasteiger partial charge in [-0.3, -0.25) is 9.59 Å². The highest BCUT2D eigenvalue weighted by molar-refractivity contribution is 6.04. The van der Waals surface area contributed by atoms with Gasteiger partial charge in [-0.25, -0.2) is 0 Å². The molecular weight excluding hydrogens is 272 g/mol. The number of hydrogen-bond donors (Lipinski definition) is 2. The van der Waals surface area contributed by atoms with Crippen LogP contribution in [0.1, 0.15) is 30.1 Å². The summed E-state index contributed by atoms with van der Waals surface area (Å²) in [5, 5.41) is 5.74. The molecule has 0 aliphatic carbocycles. The predicted octanol–water partition coefficient (Wildman–Crippen LogP) is 1.31. The zero-order chi connectivity index (χ0) is 14.8. The van der Waals surface area contributed by atoms with E-state index in [0.717, 1.165) is 12.8 Å². The van der Waals surface area contributed by atoms with Gasteiger partial charge in [0.2, 0.25) is 0 Å². The van der Waals surface area contributed by atoms with Crippen LogP contribution in [0.3, 0.4) is 0 Å². The molecule has 1 saturated heterocycles. The summed E-state index contributed by atoms with van der Waals surface area (Å²) in [5.74, 6) is 0.0562. The number of hydrogen-bond acceptors (Lipinski definition) is 4. The Labute approximate surface area is 122 Å². The molecule has 6 heteroatoms. The van der Waals surface area contributed by atoms with E-state index >= 15 is 0 Å². The molecule has 3 rings (SSSR count). The highest BCUT2D eigenvalue weighted by atomic mass is 16.5. The Kier molecular flexibility index (Phi) is 3.79. The van der Waals surface area contributed by atoms with Crippen LogP contribution in [0.2, 0.25) is 0 Å². The summed E-state index contributed by atoms with van der Waals surface area (Å²) < 4.78 is 10.9. The number of carbonyl (C=O) groups is 2. The Morgan fingerprint density at radius 2 is 2.10 bits per heavy atom. The zero-order valence-corrected chi connectivity index (χ0v) is 11.8. The number of nitrogens with one attached hydrogen (secondary N) is 2. The van der Waals surface area contributed by atoms with Gasteiger partial charge in [0.15, 0.2) is 11.9 Å². The van der Waals surface area contributed by atoms with E-state index in [1.54, 1.807) is 25.1 Å². The third-order valence-corrected chi connectivity index (χ3v) is 3.74. The van der Waals surface area contributed by atoms with Gasteiger partial charge in [-0.2, -0.15) is 0 Å². The maximum atomic E-state index is 12.4. The van der Waals surface area contributed by atoms with Crippen molar-refractivity contribution < 1.29 is 19.1 Å². The van der Waals surface area contributed by atoms with Crippen LogP contribution in [-0.4, -0.2) is 37.2 Å². The molecule has 1 aromatic carbocycles. The van der Waals surface area contributed by atoms with Gasteiger partial charge in [-0.1, -0.05) is 6.07 Å². The molecule has 112 valence electrons. The van der Waals surface area contributed by atoms with Crippen LogP contribution in [0.25, 0.3) is 0 Å². The van der Waals surface area contributed by atoms with Crippen molar-refractivity contribution in [3.05, 3.63) is 23.8 Å². The summed E-state index contributed by atoms with van der Waals surface area (Å²) in [6.45, 7) is 2.99. The van der Waals surface area contributed by atoms with Crippen LogP contribution in [0.5, 0.6) is 5.75 Å². The molecule has 2 heterocycles. The fourth-order valence-corrected chi connectivity index (χ4v) is 2.51. The molecule has 0 radical (unpaired) electrons. The van der Waals surface area contributed by atoms with Crippen molar-refractivity contribution in [3.63, 3.8) is 0 Å². The summed E-state index contributed by atoms with van der Waals surface area (Å²) in [6, 6.07) is 5.29. The highest BCUT2D eigenvalue weighted by Crippen LogP contribution is 2.33. The molecule has 0 spiro atoms. The normalized spacial score (nSPS) is 22.0. The summed E-state index contributed by atoms with van der Waals surface area (Å²) >= 11 is 0. The summed E-state index contributed by atoms with van der Waals surface area (Å²) in [6.07, 6.45) is 1.03. The molecule has 0 bridgehead atoms. The van der Waals surface area contributed by atoms with E-state index in [4.69, 9.17) is 9.47 Å². The van der Waals surface area contributed by atoms with Gasteiger partial charge in [-0.15, -0.1) is 0 Å². The Morgan fingerprint density at radius 1 is 1.33 bits per heavy atom. The van der Waals surface area contributed by atoms with Gasteiger partial charge < -0.3 is 20.1 Å². The minimum Gasteiger partial charge on any atom is -0.478 e. The van der Waals surface area contributed by atoms with Crippen molar-refractivity contribution in [2.45, 2.75) is 31.9 Å². The third-order valence-electron chi connectivity index (χ3n) is 3.74. The number of rotatable bonds is 2. The lowest BCUT2D eigenvalue weighted by atomic mass is 10.1. The van der Waals surface area contributed by atoms with Gasteiger partial charge in [0, 0.05) is 19.3 Å². The van der Waals surface area contributed by atoms with Crippen LogP contribution < -0.4 is 15.4 Å². The monoisotopic (exact) mass is 290 g/mol. The lowest BCUT2D eigenvalue weighted by molar-refractivity contribution is -0.122. The second kappa shape index (κ2) is 5.73. The standard InChI is InChI=1S/C15H18N2O4/c1-9-14(18)17-12-4-2-3-11(13(12)21-9)15(19)16-10-5-7-20-8-6-10/h2-4,9-10H,5-8H2,1H3,(H,16,19)(H,17,18)/t9-/m1/s1. The van der Waals surface area contributed by atoms with Crippen molar-refractivity contribution in [2.24, 2.45) is 0 Å². The average molecular weight is 290 g/mol. The molecule has 2 aliphatic rings. The van der Waals surface area contributed by atoms with E-state index in [1.807, 2.05) is 0 Å². The molecular formula is C15H18N2O4. The second-order valence-electron chi connectivity index (χ2n) is 5.29. The van der Waals surface area contributed by atoms with Crippen molar-refractivity contribution in [1.82, 2.24) is 5.32 Å². The Balaban J connectivity index is 1.80. The van der Waals surface area contributed by atoms with E-state index in [2.05, 4.69) is 10.6 Å². The van der Waals surface area contributed by atoms with E-state index in [9.17, 15) is 9.59 Å². The lowest BCUT2D eigenvalue weighted by Crippen LogP contribution is -2.40. The highest BCUT2D eigenvalue weighted by Gasteiger charge is 2.28. The summed E-state index contributed by atoms with van der Waals surface area (Å²) in [7, 11) is 0. The maximum absolute atomic E-state index is 12.4. The fourth-order valence-electron chi connectivity index (χ4n) is 2.51. The van der Waals surface area contributed by atoms with Gasteiger partial charge in [0.25, 0.3) is 11.8 Å². The van der Waals surface area contributed by atoms with Crippen LogP contribution in [0.15, 0.2) is 18.2 Å². The fraction of sp³-hybridized carbons (Fsp3) is 0.467. The predicted molar refractivity (Wildman–Crippen MR) is 76.5 cm³/mol. The number of benzene rings is 1. The van der Waals surface area contributed by atoms with Crippen LogP contribution in [-0.2, 0) is 9.53 Å². The molecule has 0 unspecified atom stereocenters. The molecule has 2 amide bonds. The topological polar surface area (TPSA) is 76.7 Å². The number of amides is 2. The number of ether oxygens (including phenoxy) is 2. The molecule has 1 fully saturated rings. The summed E-state index contributed by atoms with van der Waals surface area (Å²) in [4.78, 5) is 24.0. The van der Waals surface area contributed by atoms with Gasteiger partial charge >= 0.3 is 0 Å². The first-order chi connectivity index (χ1) is 10.1. The van der Waals surface area contributed by atoms with E-state index < -0.39 is 6.10 Å². The van der Waals surface area contributed by atoms with Gasteiger partial charge in [0.05, 0.1) is 11.3 Å². The Morgan fingerprint density at radius 3 is 2.86 bits per heavy atom. The lowest BCUT2D eigenvalue weighted by Gasteiger charge is -2.27. The average Bonchev–Trinajstić information content (AvgIpc) is 2.49. The van der Waals surface area contributed by atoms with E-state index in [0.29, 0.717) is 30.2 Å². The smallest absolute Gasteiger partial charge is 0.265 e. The first kappa shape index (κ1) is 13.9. The van der Waals surface area contributed by atoms with Crippen molar-refractivity contribution >= 4 is 17.5 Å². The van der Waals surface area contributed by atoms with Gasteiger partial charge in [-0.05, 0) is 31.9 Å². The SMILES string of the molecule is C[C@H]1Oc2c(cccc2C(=O)NC2CCOCC2)NC1=O. The van der Waals surface area contributed by atoms with E-state index in [-0.39, 0.29) is 17.9 Å². The minimum atomic E-state index is -0.602. The first-order valence-corrected chi connectivity index (χ1v) is 7.14. The van der Waals surface area contributed by atoms with Crippen LogP contribution >= 0.6 is 0 Å². The number of anilines is 1. The first-order valence-electron chi connectivity index (χ1n) is 7.14. The van der Waals surface area contributed by atoms with Crippen LogP contribution in [0.4, 0.5) is 5.69 Å². The van der Waals surface area contributed by atoms with Crippen molar-refractivity contribution in [2.75, 3.05) is 18.5 Å².